The maximum Gasteiger partial charge on any atom is 0.252 e. The number of methoxy groups -OCH3 is 1. The summed E-state index contributed by atoms with van der Waals surface area (Å²) < 4.78 is 13.4. The molecule has 3 heterocycles. The van der Waals surface area contributed by atoms with Crippen molar-refractivity contribution in [2.45, 2.75) is 83.5 Å². The maximum absolute atomic E-state index is 13.2. The predicted octanol–water partition coefficient (Wildman–Crippen LogP) is 4.41. The molecule has 0 bridgehead atoms. The van der Waals surface area contributed by atoms with E-state index in [1.165, 1.54) is 19.3 Å². The lowest BCUT2D eigenvalue weighted by atomic mass is 9.94. The summed E-state index contributed by atoms with van der Waals surface area (Å²) in [5.74, 6) is 1.88. The first-order valence-electron chi connectivity index (χ1n) is 13.4. The maximum atomic E-state index is 13.2. The van der Waals surface area contributed by atoms with Gasteiger partial charge in [-0.05, 0) is 65.6 Å². The van der Waals surface area contributed by atoms with Gasteiger partial charge in [-0.25, -0.2) is 4.68 Å². The number of nitrogens with one attached hydrogen (secondary N) is 1. The molecular weight excluding hydrogens is 456 g/mol. The minimum Gasteiger partial charge on any atom is -0.497 e. The summed E-state index contributed by atoms with van der Waals surface area (Å²) >= 11 is 0. The molecule has 1 saturated heterocycles. The van der Waals surface area contributed by atoms with E-state index >= 15 is 0 Å². The number of aromatic amines is 1. The van der Waals surface area contributed by atoms with E-state index in [0.29, 0.717) is 12.6 Å². The molecule has 1 aliphatic heterocycles. The zero-order valence-electron chi connectivity index (χ0n) is 21.7. The lowest BCUT2D eigenvalue weighted by Crippen LogP contribution is -2.40. The Morgan fingerprint density at radius 2 is 2.00 bits per heavy atom. The molecular formula is C27H38N6O3. The summed E-state index contributed by atoms with van der Waals surface area (Å²) in [4.78, 5) is 18.6. The van der Waals surface area contributed by atoms with Gasteiger partial charge in [-0.15, -0.1) is 5.10 Å². The van der Waals surface area contributed by atoms with E-state index in [2.05, 4.69) is 43.9 Å². The van der Waals surface area contributed by atoms with Crippen molar-refractivity contribution in [3.8, 4) is 5.75 Å². The van der Waals surface area contributed by atoms with E-state index in [9.17, 15) is 4.79 Å². The Hall–Kier alpha value is -2.78. The van der Waals surface area contributed by atoms with E-state index in [1.807, 2.05) is 24.3 Å². The number of H-pyrrole nitrogens is 1. The van der Waals surface area contributed by atoms with Crippen molar-refractivity contribution in [1.82, 2.24) is 30.1 Å². The van der Waals surface area contributed by atoms with Crippen LogP contribution in [0.25, 0.3) is 10.9 Å². The van der Waals surface area contributed by atoms with Gasteiger partial charge in [0.25, 0.3) is 5.56 Å². The average Bonchev–Trinajstić information content (AvgIpc) is 3.57. The summed E-state index contributed by atoms with van der Waals surface area (Å²) in [6, 6.07) is 8.08. The van der Waals surface area contributed by atoms with Gasteiger partial charge in [0.1, 0.15) is 5.75 Å². The van der Waals surface area contributed by atoms with Gasteiger partial charge in [-0.2, -0.15) is 0 Å². The minimum atomic E-state index is -0.0810. The number of rotatable bonds is 9. The number of aromatic nitrogens is 5. The van der Waals surface area contributed by atoms with Crippen LogP contribution in [0.4, 0.5) is 0 Å². The number of hydrogen-bond donors (Lipinski definition) is 1. The number of tetrazole rings is 1. The third kappa shape index (κ3) is 5.32. The highest BCUT2D eigenvalue weighted by Gasteiger charge is 2.34. The van der Waals surface area contributed by atoms with Crippen LogP contribution in [0.15, 0.2) is 29.1 Å². The molecule has 1 saturated carbocycles. The molecule has 0 spiro atoms. The second kappa shape index (κ2) is 11.1. The lowest BCUT2D eigenvalue weighted by molar-refractivity contribution is 0.0375. The average molecular weight is 495 g/mol. The van der Waals surface area contributed by atoms with Crippen molar-refractivity contribution in [3.05, 3.63) is 46.0 Å². The predicted molar refractivity (Wildman–Crippen MR) is 138 cm³/mol. The Bertz CT molecular complexity index is 1210. The molecule has 0 amide bonds. The first kappa shape index (κ1) is 24.9. The van der Waals surface area contributed by atoms with Gasteiger partial charge in [0.15, 0.2) is 5.82 Å². The van der Waals surface area contributed by atoms with Gasteiger partial charge in [0.2, 0.25) is 0 Å². The second-order valence-corrected chi connectivity index (χ2v) is 10.6. The van der Waals surface area contributed by atoms with Crippen LogP contribution in [0, 0.1) is 5.92 Å². The molecule has 9 nitrogen and oxygen atoms in total. The van der Waals surface area contributed by atoms with Crippen LogP contribution in [0.2, 0.25) is 0 Å². The van der Waals surface area contributed by atoms with E-state index in [0.717, 1.165) is 66.9 Å². The van der Waals surface area contributed by atoms with Crippen molar-refractivity contribution in [1.29, 1.82) is 0 Å². The standard InChI is InChI=1S/C27H38N6O3/c1-18(2)25(26-29-30-31-33(26)21-8-5-4-6-9-21)32(17-23-10-7-13-36-23)16-20-14-19-11-12-22(35-3)15-24(19)28-27(20)34/h11-12,14-15,18,21,23,25H,4-10,13,16-17H2,1-3H3,(H,28,34)/t23-,25-/m0/s1. The first-order chi connectivity index (χ1) is 17.5. The van der Waals surface area contributed by atoms with Crippen molar-refractivity contribution < 1.29 is 9.47 Å². The van der Waals surface area contributed by atoms with Gasteiger partial charge in [0, 0.05) is 31.3 Å². The van der Waals surface area contributed by atoms with Gasteiger partial charge < -0.3 is 14.5 Å². The molecule has 2 fully saturated rings. The van der Waals surface area contributed by atoms with Crippen molar-refractivity contribution in [3.63, 3.8) is 0 Å². The normalized spacial score (nSPS) is 20.0. The molecule has 1 aromatic carbocycles. The molecule has 0 unspecified atom stereocenters. The number of benzene rings is 1. The second-order valence-electron chi connectivity index (χ2n) is 10.6. The molecule has 0 radical (unpaired) electrons. The molecule has 2 aromatic heterocycles. The lowest BCUT2D eigenvalue weighted by Gasteiger charge is -2.36. The Morgan fingerprint density at radius 1 is 1.17 bits per heavy atom. The monoisotopic (exact) mass is 494 g/mol. The molecule has 2 aliphatic rings. The number of nitrogens with zero attached hydrogens (tertiary/aromatic N) is 5. The van der Waals surface area contributed by atoms with Crippen molar-refractivity contribution in [2.24, 2.45) is 5.92 Å². The molecule has 2 atom stereocenters. The topological polar surface area (TPSA) is 98.2 Å². The number of fused-ring (bicyclic) bond motifs is 1. The quantitative estimate of drug-likeness (QED) is 0.471. The van der Waals surface area contributed by atoms with Gasteiger partial charge in [-0.1, -0.05) is 33.1 Å². The molecule has 5 rings (SSSR count). The van der Waals surface area contributed by atoms with E-state index < -0.39 is 0 Å². The van der Waals surface area contributed by atoms with Gasteiger partial charge >= 0.3 is 0 Å². The van der Waals surface area contributed by atoms with Crippen LogP contribution in [-0.2, 0) is 11.3 Å². The zero-order chi connectivity index (χ0) is 25.1. The van der Waals surface area contributed by atoms with Crippen molar-refractivity contribution >= 4 is 10.9 Å². The highest BCUT2D eigenvalue weighted by molar-refractivity contribution is 5.80. The van der Waals surface area contributed by atoms with Crippen LogP contribution in [0.1, 0.15) is 82.3 Å². The molecule has 36 heavy (non-hydrogen) atoms. The Kier molecular flexibility index (Phi) is 7.67. The molecule has 9 heteroatoms. The van der Waals surface area contributed by atoms with E-state index in [4.69, 9.17) is 9.47 Å². The summed E-state index contributed by atoms with van der Waals surface area (Å²) in [5.41, 5.74) is 1.42. The van der Waals surface area contributed by atoms with E-state index in [-0.39, 0.29) is 23.6 Å². The number of hydrogen-bond acceptors (Lipinski definition) is 7. The largest absolute Gasteiger partial charge is 0.497 e. The molecule has 3 aromatic rings. The summed E-state index contributed by atoms with van der Waals surface area (Å²) in [5, 5.41) is 14.1. The zero-order valence-corrected chi connectivity index (χ0v) is 21.7. The third-order valence-corrected chi connectivity index (χ3v) is 7.69. The molecule has 1 N–H and O–H groups in total. The smallest absolute Gasteiger partial charge is 0.252 e. The third-order valence-electron chi connectivity index (χ3n) is 7.69. The Labute approximate surface area is 212 Å². The van der Waals surface area contributed by atoms with Crippen LogP contribution in [-0.4, -0.2) is 56.5 Å². The summed E-state index contributed by atoms with van der Waals surface area (Å²) in [7, 11) is 1.63. The fraction of sp³-hybridized carbons (Fsp3) is 0.630. The van der Waals surface area contributed by atoms with E-state index in [1.54, 1.807) is 7.11 Å². The minimum absolute atomic E-state index is 0.0305. The highest BCUT2D eigenvalue weighted by Crippen LogP contribution is 2.34. The fourth-order valence-corrected chi connectivity index (χ4v) is 5.88. The Morgan fingerprint density at radius 3 is 2.72 bits per heavy atom. The van der Waals surface area contributed by atoms with Crippen LogP contribution in [0.3, 0.4) is 0 Å². The summed E-state index contributed by atoms with van der Waals surface area (Å²) in [6.45, 7) is 6.45. The highest BCUT2D eigenvalue weighted by atomic mass is 16.5. The first-order valence-corrected chi connectivity index (χ1v) is 13.4. The molecule has 194 valence electrons. The Balaban J connectivity index is 1.50. The fourth-order valence-electron chi connectivity index (χ4n) is 5.88. The summed E-state index contributed by atoms with van der Waals surface area (Å²) in [6.07, 6.45) is 8.19. The number of ether oxygens (including phenoxy) is 2. The number of pyridine rings is 1. The van der Waals surface area contributed by atoms with Gasteiger partial charge in [0.05, 0.1) is 30.8 Å². The molecule has 1 aliphatic carbocycles. The van der Waals surface area contributed by atoms with Crippen LogP contribution < -0.4 is 10.3 Å². The SMILES string of the molecule is COc1ccc2cc(CN(C[C@@H]3CCCO3)[C@H](c3nnnn3C3CCCCC3)C(C)C)c(=O)[nH]c2c1. The van der Waals surface area contributed by atoms with Crippen LogP contribution >= 0.6 is 0 Å². The van der Waals surface area contributed by atoms with Crippen molar-refractivity contribution in [2.75, 3.05) is 20.3 Å². The van der Waals surface area contributed by atoms with Crippen LogP contribution in [0.5, 0.6) is 5.75 Å². The van der Waals surface area contributed by atoms with Gasteiger partial charge in [-0.3, -0.25) is 9.69 Å².